The molecule has 2 aromatic rings. The number of benzene rings is 1. The van der Waals surface area contributed by atoms with Gasteiger partial charge in [0.25, 0.3) is 0 Å². The third-order valence-electron chi connectivity index (χ3n) is 3.26. The quantitative estimate of drug-likeness (QED) is 0.879. The summed E-state index contributed by atoms with van der Waals surface area (Å²) in [4.78, 5) is 0. The second kappa shape index (κ2) is 6.86. The Hall–Kier alpha value is -1.39. The third-order valence-corrected chi connectivity index (χ3v) is 3.50. The van der Waals surface area contributed by atoms with Crippen molar-refractivity contribution in [1.29, 1.82) is 0 Å². The molecule has 0 bridgehead atoms. The van der Waals surface area contributed by atoms with Gasteiger partial charge < -0.3 is 5.32 Å². The molecule has 1 atom stereocenters. The lowest BCUT2D eigenvalue weighted by molar-refractivity contribution is 0.536. The lowest BCUT2D eigenvalue weighted by Crippen LogP contribution is -2.19. The fourth-order valence-electron chi connectivity index (χ4n) is 2.21. The van der Waals surface area contributed by atoms with E-state index >= 15 is 0 Å². The summed E-state index contributed by atoms with van der Waals surface area (Å²) in [5, 5.41) is 8.11. The Morgan fingerprint density at radius 1 is 1.40 bits per heavy atom. The normalized spacial score (nSPS) is 12.6. The molecule has 1 unspecified atom stereocenters. The molecule has 0 aliphatic rings. The zero-order valence-corrected chi connectivity index (χ0v) is 12.5. The molecule has 2 rings (SSSR count). The minimum absolute atomic E-state index is 0.295. The molecular weight excluding hydrogens is 277 g/mol. The molecule has 1 heterocycles. The van der Waals surface area contributed by atoms with Gasteiger partial charge >= 0.3 is 0 Å². The first kappa shape index (κ1) is 15.0. The van der Waals surface area contributed by atoms with E-state index in [9.17, 15) is 4.39 Å². The zero-order chi connectivity index (χ0) is 14.5. The number of nitrogens with one attached hydrogen (secondary N) is 1. The fraction of sp³-hybridized carbons (Fsp3) is 0.400. The van der Waals surface area contributed by atoms with Crippen molar-refractivity contribution in [2.45, 2.75) is 32.9 Å². The SMILES string of the molecule is CCNC(CC)c1cnn(Cc2ccc(Cl)cc2F)c1. The van der Waals surface area contributed by atoms with E-state index < -0.39 is 0 Å². The first-order valence-electron chi connectivity index (χ1n) is 6.83. The smallest absolute Gasteiger partial charge is 0.129 e. The largest absolute Gasteiger partial charge is 0.310 e. The van der Waals surface area contributed by atoms with Crippen LogP contribution in [-0.2, 0) is 6.54 Å². The highest BCUT2D eigenvalue weighted by atomic mass is 35.5. The molecule has 20 heavy (non-hydrogen) atoms. The van der Waals surface area contributed by atoms with Crippen LogP contribution in [0.3, 0.4) is 0 Å². The van der Waals surface area contributed by atoms with E-state index in [0.29, 0.717) is 23.2 Å². The molecule has 3 nitrogen and oxygen atoms in total. The predicted molar refractivity (Wildman–Crippen MR) is 79.4 cm³/mol. The van der Waals surface area contributed by atoms with Crippen LogP contribution in [0.1, 0.15) is 37.4 Å². The standard InChI is InChI=1S/C15H19ClFN3/c1-3-15(18-4-2)12-8-19-20(10-12)9-11-5-6-13(16)7-14(11)17/h5-8,10,15,18H,3-4,9H2,1-2H3. The van der Waals surface area contributed by atoms with Gasteiger partial charge in [-0.15, -0.1) is 0 Å². The molecular formula is C15H19ClFN3. The molecule has 1 aromatic heterocycles. The first-order chi connectivity index (χ1) is 9.63. The minimum atomic E-state index is -0.298. The molecule has 1 aromatic carbocycles. The second-order valence-corrected chi connectivity index (χ2v) is 5.16. The number of hydrogen-bond acceptors (Lipinski definition) is 2. The Morgan fingerprint density at radius 2 is 2.20 bits per heavy atom. The van der Waals surface area contributed by atoms with E-state index in [4.69, 9.17) is 11.6 Å². The van der Waals surface area contributed by atoms with E-state index in [2.05, 4.69) is 24.3 Å². The third kappa shape index (κ3) is 3.58. The Labute approximate surface area is 123 Å². The van der Waals surface area contributed by atoms with Crippen LogP contribution < -0.4 is 5.32 Å². The van der Waals surface area contributed by atoms with E-state index in [0.717, 1.165) is 18.5 Å². The summed E-state index contributed by atoms with van der Waals surface area (Å²) < 4.78 is 15.5. The summed E-state index contributed by atoms with van der Waals surface area (Å²) >= 11 is 5.75. The number of nitrogens with zero attached hydrogens (tertiary/aromatic N) is 2. The van der Waals surface area contributed by atoms with Gasteiger partial charge in [0.15, 0.2) is 0 Å². The van der Waals surface area contributed by atoms with Crippen molar-refractivity contribution in [2.24, 2.45) is 0 Å². The first-order valence-corrected chi connectivity index (χ1v) is 7.21. The van der Waals surface area contributed by atoms with Gasteiger partial charge in [0.05, 0.1) is 12.7 Å². The average molecular weight is 296 g/mol. The molecule has 0 spiro atoms. The highest BCUT2D eigenvalue weighted by Crippen LogP contribution is 2.18. The monoisotopic (exact) mass is 295 g/mol. The maximum Gasteiger partial charge on any atom is 0.129 e. The van der Waals surface area contributed by atoms with Crippen LogP contribution in [0.2, 0.25) is 5.02 Å². The van der Waals surface area contributed by atoms with Gasteiger partial charge in [0.2, 0.25) is 0 Å². The van der Waals surface area contributed by atoms with Crippen LogP contribution >= 0.6 is 11.6 Å². The lowest BCUT2D eigenvalue weighted by atomic mass is 10.1. The highest BCUT2D eigenvalue weighted by Gasteiger charge is 2.11. The van der Waals surface area contributed by atoms with Crippen LogP contribution in [0.5, 0.6) is 0 Å². The van der Waals surface area contributed by atoms with Gasteiger partial charge in [-0.1, -0.05) is 31.5 Å². The van der Waals surface area contributed by atoms with Crippen LogP contribution in [0, 0.1) is 5.82 Å². The van der Waals surface area contributed by atoms with E-state index in [1.165, 1.54) is 6.07 Å². The summed E-state index contributed by atoms with van der Waals surface area (Å²) in [6.45, 7) is 5.53. The maximum absolute atomic E-state index is 13.8. The summed E-state index contributed by atoms with van der Waals surface area (Å²) in [6, 6.07) is 5.01. The van der Waals surface area contributed by atoms with Crippen molar-refractivity contribution in [2.75, 3.05) is 6.54 Å². The Balaban J connectivity index is 2.12. The molecule has 0 amide bonds. The maximum atomic E-state index is 13.8. The van der Waals surface area contributed by atoms with E-state index in [1.54, 1.807) is 16.8 Å². The van der Waals surface area contributed by atoms with Gasteiger partial charge in [0, 0.05) is 28.4 Å². The molecule has 0 aliphatic heterocycles. The van der Waals surface area contributed by atoms with Crippen molar-refractivity contribution in [3.63, 3.8) is 0 Å². The fourth-order valence-corrected chi connectivity index (χ4v) is 2.37. The minimum Gasteiger partial charge on any atom is -0.310 e. The van der Waals surface area contributed by atoms with Crippen molar-refractivity contribution >= 4 is 11.6 Å². The molecule has 0 saturated heterocycles. The molecule has 0 saturated carbocycles. The summed E-state index contributed by atoms with van der Waals surface area (Å²) in [6.07, 6.45) is 4.80. The van der Waals surface area contributed by atoms with Crippen molar-refractivity contribution in [3.05, 3.63) is 52.6 Å². The van der Waals surface area contributed by atoms with Crippen molar-refractivity contribution in [1.82, 2.24) is 15.1 Å². The molecule has 1 N–H and O–H groups in total. The molecule has 0 radical (unpaired) electrons. The van der Waals surface area contributed by atoms with Gasteiger partial charge in [-0.25, -0.2) is 4.39 Å². The van der Waals surface area contributed by atoms with Crippen LogP contribution in [0.15, 0.2) is 30.6 Å². The summed E-state index contributed by atoms with van der Waals surface area (Å²) in [5.74, 6) is -0.298. The van der Waals surface area contributed by atoms with E-state index in [-0.39, 0.29) is 5.82 Å². The Bertz CT molecular complexity index is 568. The lowest BCUT2D eigenvalue weighted by Gasteiger charge is -2.13. The second-order valence-electron chi connectivity index (χ2n) is 4.73. The molecule has 0 fully saturated rings. The molecule has 5 heteroatoms. The number of aromatic nitrogens is 2. The summed E-state index contributed by atoms with van der Waals surface area (Å²) in [7, 11) is 0. The van der Waals surface area contributed by atoms with E-state index in [1.807, 2.05) is 12.4 Å². The van der Waals surface area contributed by atoms with Crippen molar-refractivity contribution in [3.8, 4) is 0 Å². The molecule has 0 aliphatic carbocycles. The topological polar surface area (TPSA) is 29.9 Å². The summed E-state index contributed by atoms with van der Waals surface area (Å²) in [5.41, 5.74) is 1.71. The van der Waals surface area contributed by atoms with Crippen LogP contribution in [0.4, 0.5) is 4.39 Å². The zero-order valence-electron chi connectivity index (χ0n) is 11.7. The van der Waals surface area contributed by atoms with Gasteiger partial charge in [-0.3, -0.25) is 4.68 Å². The van der Waals surface area contributed by atoms with Crippen LogP contribution in [0.25, 0.3) is 0 Å². The Morgan fingerprint density at radius 3 is 2.85 bits per heavy atom. The Kier molecular flexibility index (Phi) is 5.15. The van der Waals surface area contributed by atoms with Gasteiger partial charge in [-0.2, -0.15) is 5.10 Å². The van der Waals surface area contributed by atoms with Crippen LogP contribution in [-0.4, -0.2) is 16.3 Å². The average Bonchev–Trinajstić information content (AvgIpc) is 2.87. The highest BCUT2D eigenvalue weighted by molar-refractivity contribution is 6.30. The van der Waals surface area contributed by atoms with Gasteiger partial charge in [-0.05, 0) is 25.1 Å². The van der Waals surface area contributed by atoms with Crippen molar-refractivity contribution < 1.29 is 4.39 Å². The number of rotatable bonds is 6. The number of halogens is 2. The van der Waals surface area contributed by atoms with Gasteiger partial charge in [0.1, 0.15) is 5.82 Å². The number of hydrogen-bond donors (Lipinski definition) is 1. The predicted octanol–water partition coefficient (Wildman–Crippen LogP) is 3.78. The molecule has 108 valence electrons.